The number of aliphatic hydroxyl groups is 1. The first-order valence-electron chi connectivity index (χ1n) is 6.17. The van der Waals surface area contributed by atoms with Gasteiger partial charge >= 0.3 is 0 Å². The molecule has 0 aromatic carbocycles. The van der Waals surface area contributed by atoms with E-state index in [9.17, 15) is 0 Å². The molecule has 0 saturated carbocycles. The third-order valence-electron chi connectivity index (χ3n) is 2.83. The van der Waals surface area contributed by atoms with Crippen molar-refractivity contribution in [2.45, 2.75) is 33.2 Å². The van der Waals surface area contributed by atoms with Crippen LogP contribution in [0.15, 0.2) is 4.47 Å². The summed E-state index contributed by atoms with van der Waals surface area (Å²) in [6, 6.07) is 0. The lowest BCUT2D eigenvalue weighted by Crippen LogP contribution is -2.28. The first-order valence-corrected chi connectivity index (χ1v) is 6.96. The van der Waals surface area contributed by atoms with E-state index in [0.29, 0.717) is 6.54 Å². The molecule has 0 aliphatic heterocycles. The molecule has 0 fully saturated rings. The minimum absolute atomic E-state index is 0.204. The third kappa shape index (κ3) is 3.79. The number of aryl methyl sites for hydroxylation is 2. The van der Waals surface area contributed by atoms with Gasteiger partial charge in [-0.1, -0.05) is 13.8 Å². The van der Waals surface area contributed by atoms with Crippen LogP contribution in [0.2, 0.25) is 0 Å². The Morgan fingerprint density at radius 2 is 2.06 bits per heavy atom. The molecule has 0 aliphatic rings. The second-order valence-electron chi connectivity index (χ2n) is 4.18. The van der Waals surface area contributed by atoms with Crippen molar-refractivity contribution in [3.05, 3.63) is 15.9 Å². The quantitative estimate of drug-likeness (QED) is 0.837. The van der Waals surface area contributed by atoms with Crippen LogP contribution in [0.1, 0.15) is 31.7 Å². The normalized spacial score (nSPS) is 11.4. The zero-order valence-electron chi connectivity index (χ0n) is 10.9. The number of aliphatic hydroxyl groups excluding tert-OH is 1. The van der Waals surface area contributed by atoms with Gasteiger partial charge in [-0.15, -0.1) is 0 Å². The molecule has 1 heterocycles. The second kappa shape index (κ2) is 7.13. The minimum Gasteiger partial charge on any atom is -0.395 e. The molecule has 17 heavy (non-hydrogen) atoms. The number of hydrogen-bond acceptors (Lipinski definition) is 3. The van der Waals surface area contributed by atoms with Gasteiger partial charge in [0.2, 0.25) is 0 Å². The molecule has 0 spiro atoms. The molecule has 0 atom stereocenters. The fourth-order valence-electron chi connectivity index (χ4n) is 1.93. The van der Waals surface area contributed by atoms with Gasteiger partial charge in [0.05, 0.1) is 22.5 Å². The highest BCUT2D eigenvalue weighted by molar-refractivity contribution is 9.10. The van der Waals surface area contributed by atoms with E-state index in [1.165, 1.54) is 5.69 Å². The van der Waals surface area contributed by atoms with Crippen LogP contribution in [-0.2, 0) is 20.0 Å². The number of hydrogen-bond donors (Lipinski definition) is 1. The highest BCUT2D eigenvalue weighted by atomic mass is 79.9. The molecule has 98 valence electrons. The van der Waals surface area contributed by atoms with Crippen molar-refractivity contribution in [1.29, 1.82) is 0 Å². The predicted molar refractivity (Wildman–Crippen MR) is 72.9 cm³/mol. The Kier molecular flexibility index (Phi) is 6.16. The molecule has 0 aliphatic carbocycles. The highest BCUT2D eigenvalue weighted by Gasteiger charge is 2.15. The Bertz CT molecular complexity index is 346. The lowest BCUT2D eigenvalue weighted by molar-refractivity contribution is 0.187. The largest absolute Gasteiger partial charge is 0.395 e. The van der Waals surface area contributed by atoms with Crippen LogP contribution in [0, 0.1) is 0 Å². The average Bonchev–Trinajstić information content (AvgIpc) is 2.57. The highest BCUT2D eigenvalue weighted by Crippen LogP contribution is 2.22. The average molecular weight is 304 g/mol. The Hall–Kier alpha value is -0.390. The summed E-state index contributed by atoms with van der Waals surface area (Å²) in [4.78, 5) is 2.25. The van der Waals surface area contributed by atoms with E-state index < -0.39 is 0 Å². The van der Waals surface area contributed by atoms with E-state index in [2.05, 4.69) is 39.8 Å². The summed E-state index contributed by atoms with van der Waals surface area (Å²) in [6.45, 7) is 7.01. The Morgan fingerprint density at radius 1 is 1.35 bits per heavy atom. The smallest absolute Gasteiger partial charge is 0.0767 e. The van der Waals surface area contributed by atoms with Crippen molar-refractivity contribution in [2.75, 3.05) is 19.7 Å². The summed E-state index contributed by atoms with van der Waals surface area (Å²) in [5.74, 6) is 0. The monoisotopic (exact) mass is 303 g/mol. The molecular formula is C12H22BrN3O. The molecule has 0 saturated heterocycles. The van der Waals surface area contributed by atoms with Gasteiger partial charge in [0.15, 0.2) is 0 Å². The van der Waals surface area contributed by atoms with Crippen LogP contribution >= 0.6 is 15.9 Å². The first kappa shape index (κ1) is 14.7. The molecule has 0 bridgehead atoms. The minimum atomic E-state index is 0.204. The van der Waals surface area contributed by atoms with Gasteiger partial charge in [-0.05, 0) is 35.3 Å². The number of rotatable bonds is 7. The molecular weight excluding hydrogens is 282 g/mol. The zero-order chi connectivity index (χ0) is 12.8. The number of aromatic nitrogens is 2. The van der Waals surface area contributed by atoms with E-state index in [0.717, 1.165) is 36.1 Å². The van der Waals surface area contributed by atoms with Crippen LogP contribution < -0.4 is 0 Å². The van der Waals surface area contributed by atoms with Crippen molar-refractivity contribution in [3.8, 4) is 0 Å². The topological polar surface area (TPSA) is 41.3 Å². The lowest BCUT2D eigenvalue weighted by atomic mass is 10.3. The summed E-state index contributed by atoms with van der Waals surface area (Å²) < 4.78 is 3.05. The van der Waals surface area contributed by atoms with Gasteiger partial charge in [-0.25, -0.2) is 0 Å². The Labute approximate surface area is 112 Å². The number of halogens is 1. The zero-order valence-corrected chi connectivity index (χ0v) is 12.5. The van der Waals surface area contributed by atoms with Gasteiger partial charge in [0, 0.05) is 20.1 Å². The fourth-order valence-corrected chi connectivity index (χ4v) is 2.67. The molecule has 0 unspecified atom stereocenters. The van der Waals surface area contributed by atoms with Crippen molar-refractivity contribution in [1.82, 2.24) is 14.7 Å². The summed E-state index contributed by atoms with van der Waals surface area (Å²) in [5.41, 5.74) is 2.28. The van der Waals surface area contributed by atoms with Gasteiger partial charge in [-0.2, -0.15) is 5.10 Å². The second-order valence-corrected chi connectivity index (χ2v) is 4.98. The summed E-state index contributed by atoms with van der Waals surface area (Å²) in [6.07, 6.45) is 2.03. The maximum absolute atomic E-state index is 9.06. The SMILES string of the molecule is CCCN(CCO)Cc1c(Br)c(CC)nn1C. The molecule has 4 nitrogen and oxygen atoms in total. The van der Waals surface area contributed by atoms with Crippen LogP contribution in [0.5, 0.6) is 0 Å². The van der Waals surface area contributed by atoms with Gasteiger partial charge in [0.1, 0.15) is 0 Å². The van der Waals surface area contributed by atoms with Gasteiger partial charge < -0.3 is 5.11 Å². The van der Waals surface area contributed by atoms with E-state index in [1.807, 2.05) is 11.7 Å². The van der Waals surface area contributed by atoms with E-state index in [1.54, 1.807) is 0 Å². The summed E-state index contributed by atoms with van der Waals surface area (Å²) in [5, 5.41) is 13.5. The molecule has 0 radical (unpaired) electrons. The molecule has 1 N–H and O–H groups in total. The van der Waals surface area contributed by atoms with Gasteiger partial charge in [-0.3, -0.25) is 9.58 Å². The van der Waals surface area contributed by atoms with E-state index >= 15 is 0 Å². The maximum Gasteiger partial charge on any atom is 0.0767 e. The van der Waals surface area contributed by atoms with Gasteiger partial charge in [0.25, 0.3) is 0 Å². The number of nitrogens with zero attached hydrogens (tertiary/aromatic N) is 3. The molecule has 0 amide bonds. The fraction of sp³-hybridized carbons (Fsp3) is 0.750. The molecule has 5 heteroatoms. The Morgan fingerprint density at radius 3 is 2.53 bits per heavy atom. The van der Waals surface area contributed by atoms with E-state index in [-0.39, 0.29) is 6.61 Å². The van der Waals surface area contributed by atoms with Crippen LogP contribution in [0.25, 0.3) is 0 Å². The van der Waals surface area contributed by atoms with Crippen molar-refractivity contribution >= 4 is 15.9 Å². The van der Waals surface area contributed by atoms with E-state index in [4.69, 9.17) is 5.11 Å². The third-order valence-corrected chi connectivity index (χ3v) is 3.75. The standard InChI is InChI=1S/C12H22BrN3O/c1-4-6-16(7-8-17)9-11-12(13)10(5-2)14-15(11)3/h17H,4-9H2,1-3H3. The maximum atomic E-state index is 9.06. The molecule has 1 aromatic heterocycles. The van der Waals surface area contributed by atoms with Crippen LogP contribution in [0.3, 0.4) is 0 Å². The predicted octanol–water partition coefficient (Wildman–Crippen LogP) is 1.95. The van der Waals surface area contributed by atoms with Crippen molar-refractivity contribution in [3.63, 3.8) is 0 Å². The Balaban J connectivity index is 2.80. The summed E-state index contributed by atoms with van der Waals surface area (Å²) in [7, 11) is 1.97. The summed E-state index contributed by atoms with van der Waals surface area (Å²) >= 11 is 3.62. The van der Waals surface area contributed by atoms with Crippen molar-refractivity contribution < 1.29 is 5.11 Å². The molecule has 1 aromatic rings. The lowest BCUT2D eigenvalue weighted by Gasteiger charge is -2.20. The van der Waals surface area contributed by atoms with Crippen molar-refractivity contribution in [2.24, 2.45) is 7.05 Å². The first-order chi connectivity index (χ1) is 8.13. The molecule has 1 rings (SSSR count). The van der Waals surface area contributed by atoms with Crippen LogP contribution in [0.4, 0.5) is 0 Å². The van der Waals surface area contributed by atoms with Crippen LogP contribution in [-0.4, -0.2) is 39.5 Å².